The van der Waals surface area contributed by atoms with Crippen LogP contribution in [0.5, 0.6) is 5.75 Å². The van der Waals surface area contributed by atoms with Crippen LogP contribution in [0.3, 0.4) is 0 Å². The molecule has 4 aromatic rings. The SMILES string of the molecule is COc1cccc(-c2ccc3c(c2)cc(C(=O)O)c2nnnn23)c1. The molecule has 0 saturated carbocycles. The van der Waals surface area contributed by atoms with Crippen molar-refractivity contribution in [2.45, 2.75) is 0 Å². The van der Waals surface area contributed by atoms with Crippen LogP contribution < -0.4 is 4.74 Å². The summed E-state index contributed by atoms with van der Waals surface area (Å²) in [5, 5.41) is 21.4. The number of nitrogens with zero attached hydrogens (tertiary/aromatic N) is 4. The first-order valence-corrected chi connectivity index (χ1v) is 7.20. The molecule has 4 rings (SSSR count). The summed E-state index contributed by atoms with van der Waals surface area (Å²) in [5.41, 5.74) is 2.96. The van der Waals surface area contributed by atoms with Crippen LogP contribution in [-0.2, 0) is 0 Å². The Morgan fingerprint density at radius 1 is 1.12 bits per heavy atom. The molecule has 2 heterocycles. The van der Waals surface area contributed by atoms with Gasteiger partial charge in [0.15, 0.2) is 5.65 Å². The van der Waals surface area contributed by atoms with E-state index in [1.807, 2.05) is 42.5 Å². The molecule has 0 amide bonds. The molecule has 0 atom stereocenters. The molecule has 0 aliphatic rings. The van der Waals surface area contributed by atoms with Crippen LogP contribution >= 0.6 is 0 Å². The van der Waals surface area contributed by atoms with Gasteiger partial charge in [0, 0.05) is 5.39 Å². The molecule has 0 unspecified atom stereocenters. The number of hydrogen-bond acceptors (Lipinski definition) is 5. The highest BCUT2D eigenvalue weighted by molar-refractivity contribution is 6.00. The topological polar surface area (TPSA) is 89.6 Å². The molecular formula is C17H12N4O3. The van der Waals surface area contributed by atoms with Gasteiger partial charge in [0.25, 0.3) is 0 Å². The summed E-state index contributed by atoms with van der Waals surface area (Å²) in [6.45, 7) is 0. The summed E-state index contributed by atoms with van der Waals surface area (Å²) in [6.07, 6.45) is 0. The number of tetrazole rings is 1. The van der Waals surface area contributed by atoms with Crippen LogP contribution in [-0.4, -0.2) is 38.2 Å². The lowest BCUT2D eigenvalue weighted by molar-refractivity contribution is 0.0698. The number of carboxylic acid groups (broad SMARTS) is 1. The molecule has 0 saturated heterocycles. The van der Waals surface area contributed by atoms with E-state index in [2.05, 4.69) is 15.5 Å². The van der Waals surface area contributed by atoms with E-state index in [4.69, 9.17) is 4.74 Å². The fraction of sp³-hybridized carbons (Fsp3) is 0.0588. The maximum Gasteiger partial charge on any atom is 0.339 e. The zero-order chi connectivity index (χ0) is 16.7. The summed E-state index contributed by atoms with van der Waals surface area (Å²) in [6, 6.07) is 15.0. The highest BCUT2D eigenvalue weighted by atomic mass is 16.5. The van der Waals surface area contributed by atoms with Crippen LogP contribution in [0.25, 0.3) is 27.7 Å². The molecule has 0 aliphatic carbocycles. The number of methoxy groups -OCH3 is 1. The van der Waals surface area contributed by atoms with E-state index in [1.165, 1.54) is 4.52 Å². The Bertz CT molecular complexity index is 1090. The number of benzene rings is 2. The quantitative estimate of drug-likeness (QED) is 0.624. The Hall–Kier alpha value is -3.48. The Labute approximate surface area is 136 Å². The number of carboxylic acids is 1. The normalized spacial score (nSPS) is 11.0. The van der Waals surface area contributed by atoms with Gasteiger partial charge < -0.3 is 9.84 Å². The van der Waals surface area contributed by atoms with Gasteiger partial charge in [-0.15, -0.1) is 5.10 Å². The minimum atomic E-state index is -1.07. The first kappa shape index (κ1) is 14.1. The predicted molar refractivity (Wildman–Crippen MR) is 87.2 cm³/mol. The summed E-state index contributed by atoms with van der Waals surface area (Å²) in [5.74, 6) is -0.307. The van der Waals surface area contributed by atoms with Crippen molar-refractivity contribution in [1.29, 1.82) is 0 Å². The zero-order valence-electron chi connectivity index (χ0n) is 12.7. The van der Waals surface area contributed by atoms with Crippen molar-refractivity contribution in [3.63, 3.8) is 0 Å². The largest absolute Gasteiger partial charge is 0.497 e. The second-order valence-corrected chi connectivity index (χ2v) is 5.28. The Morgan fingerprint density at radius 2 is 1.96 bits per heavy atom. The number of aromatic carboxylic acids is 1. The number of carbonyl (C=O) groups is 1. The molecule has 2 aromatic carbocycles. The molecule has 118 valence electrons. The van der Waals surface area contributed by atoms with Crippen molar-refractivity contribution < 1.29 is 14.6 Å². The summed E-state index contributed by atoms with van der Waals surface area (Å²) in [4.78, 5) is 11.5. The number of fused-ring (bicyclic) bond motifs is 3. The monoisotopic (exact) mass is 320 g/mol. The van der Waals surface area contributed by atoms with Gasteiger partial charge in [-0.05, 0) is 51.9 Å². The molecular weight excluding hydrogens is 308 g/mol. The molecule has 0 spiro atoms. The van der Waals surface area contributed by atoms with E-state index >= 15 is 0 Å². The van der Waals surface area contributed by atoms with Crippen molar-refractivity contribution in [2.75, 3.05) is 7.11 Å². The first-order chi connectivity index (χ1) is 11.7. The Kier molecular flexibility index (Phi) is 3.13. The van der Waals surface area contributed by atoms with Crippen LogP contribution in [0.1, 0.15) is 10.4 Å². The molecule has 0 aliphatic heterocycles. The van der Waals surface area contributed by atoms with Crippen molar-refractivity contribution in [3.05, 3.63) is 54.1 Å². The van der Waals surface area contributed by atoms with Gasteiger partial charge in [0.05, 0.1) is 12.6 Å². The molecule has 2 aromatic heterocycles. The third kappa shape index (κ3) is 2.14. The number of rotatable bonds is 3. The average molecular weight is 320 g/mol. The molecule has 1 N–H and O–H groups in total. The fourth-order valence-electron chi connectivity index (χ4n) is 2.74. The smallest absolute Gasteiger partial charge is 0.339 e. The van der Waals surface area contributed by atoms with Crippen LogP contribution in [0, 0.1) is 0 Å². The van der Waals surface area contributed by atoms with Gasteiger partial charge in [0.1, 0.15) is 11.3 Å². The minimum Gasteiger partial charge on any atom is -0.497 e. The molecule has 0 radical (unpaired) electrons. The molecule has 7 nitrogen and oxygen atoms in total. The van der Waals surface area contributed by atoms with E-state index in [0.29, 0.717) is 0 Å². The van der Waals surface area contributed by atoms with Gasteiger partial charge in [0.2, 0.25) is 0 Å². The summed E-state index contributed by atoms with van der Waals surface area (Å²) >= 11 is 0. The number of aromatic nitrogens is 4. The molecule has 0 bridgehead atoms. The zero-order valence-corrected chi connectivity index (χ0v) is 12.7. The van der Waals surface area contributed by atoms with Gasteiger partial charge >= 0.3 is 5.97 Å². The number of ether oxygens (including phenoxy) is 1. The van der Waals surface area contributed by atoms with Crippen molar-refractivity contribution >= 4 is 22.5 Å². The van der Waals surface area contributed by atoms with Gasteiger partial charge in [-0.2, -0.15) is 4.52 Å². The molecule has 7 heteroatoms. The predicted octanol–water partition coefficient (Wildman–Crippen LogP) is 2.65. The Balaban J connectivity index is 1.97. The third-order valence-corrected chi connectivity index (χ3v) is 3.90. The van der Waals surface area contributed by atoms with E-state index in [1.54, 1.807) is 13.2 Å². The van der Waals surface area contributed by atoms with Crippen molar-refractivity contribution in [1.82, 2.24) is 20.0 Å². The average Bonchev–Trinajstić information content (AvgIpc) is 3.10. The lowest BCUT2D eigenvalue weighted by atomic mass is 10.0. The molecule has 24 heavy (non-hydrogen) atoms. The number of hydrogen-bond donors (Lipinski definition) is 1. The van der Waals surface area contributed by atoms with Crippen molar-refractivity contribution in [2.24, 2.45) is 0 Å². The second-order valence-electron chi connectivity index (χ2n) is 5.28. The fourth-order valence-corrected chi connectivity index (χ4v) is 2.74. The first-order valence-electron chi connectivity index (χ1n) is 7.20. The highest BCUT2D eigenvalue weighted by Crippen LogP contribution is 2.28. The van der Waals surface area contributed by atoms with E-state index in [0.717, 1.165) is 27.8 Å². The summed E-state index contributed by atoms with van der Waals surface area (Å²) < 4.78 is 6.69. The van der Waals surface area contributed by atoms with E-state index in [9.17, 15) is 9.90 Å². The maximum absolute atomic E-state index is 11.5. The van der Waals surface area contributed by atoms with E-state index in [-0.39, 0.29) is 11.2 Å². The lowest BCUT2D eigenvalue weighted by Gasteiger charge is -2.08. The van der Waals surface area contributed by atoms with E-state index < -0.39 is 5.97 Å². The van der Waals surface area contributed by atoms with Gasteiger partial charge in [-0.25, -0.2) is 4.79 Å². The van der Waals surface area contributed by atoms with Gasteiger partial charge in [-0.1, -0.05) is 18.2 Å². The van der Waals surface area contributed by atoms with Crippen LogP contribution in [0.15, 0.2) is 48.5 Å². The lowest BCUT2D eigenvalue weighted by Crippen LogP contribution is -2.02. The third-order valence-electron chi connectivity index (χ3n) is 3.90. The van der Waals surface area contributed by atoms with Crippen LogP contribution in [0.4, 0.5) is 0 Å². The van der Waals surface area contributed by atoms with Crippen molar-refractivity contribution in [3.8, 4) is 16.9 Å². The maximum atomic E-state index is 11.5. The minimum absolute atomic E-state index is 0.0651. The second kappa shape index (κ2) is 5.31. The highest BCUT2D eigenvalue weighted by Gasteiger charge is 2.15. The summed E-state index contributed by atoms with van der Waals surface area (Å²) in [7, 11) is 1.62. The van der Waals surface area contributed by atoms with Crippen LogP contribution in [0.2, 0.25) is 0 Å². The standard InChI is InChI=1S/C17H12N4O3/c1-24-13-4-2-3-10(8-13)11-5-6-15-12(7-11)9-14(17(22)23)16-18-19-20-21(15)16/h2-9H,1H3,(H,22,23). The Morgan fingerprint density at radius 3 is 2.75 bits per heavy atom. The number of pyridine rings is 1. The van der Waals surface area contributed by atoms with Gasteiger partial charge in [-0.3, -0.25) is 0 Å². The molecule has 0 fully saturated rings.